The summed E-state index contributed by atoms with van der Waals surface area (Å²) in [6, 6.07) is 16.6. The van der Waals surface area contributed by atoms with Gasteiger partial charge in [0.05, 0.1) is 11.2 Å². The summed E-state index contributed by atoms with van der Waals surface area (Å²) >= 11 is 0. The van der Waals surface area contributed by atoms with Gasteiger partial charge in [-0.05, 0) is 43.3 Å². The molecule has 4 rings (SSSR count). The summed E-state index contributed by atoms with van der Waals surface area (Å²) in [5.74, 6) is 0.000300. The lowest BCUT2D eigenvalue weighted by Crippen LogP contribution is -2.06. The Morgan fingerprint density at radius 3 is 2.58 bits per heavy atom. The monoisotopic (exact) mass is 346 g/mol. The number of rotatable bonds is 4. The van der Waals surface area contributed by atoms with Crippen LogP contribution in [0.2, 0.25) is 0 Å². The lowest BCUT2D eigenvalue weighted by atomic mass is 10.1. The van der Waals surface area contributed by atoms with Crippen molar-refractivity contribution in [2.24, 2.45) is 0 Å². The number of pyridine rings is 1. The zero-order chi connectivity index (χ0) is 18.1. The van der Waals surface area contributed by atoms with E-state index in [9.17, 15) is 9.18 Å². The average Bonchev–Trinajstić information content (AvgIpc) is 3.06. The van der Waals surface area contributed by atoms with Crippen LogP contribution < -0.4 is 5.32 Å². The highest BCUT2D eigenvalue weighted by Gasteiger charge is 2.15. The summed E-state index contributed by atoms with van der Waals surface area (Å²) in [7, 11) is 0. The molecule has 0 unspecified atom stereocenters. The van der Waals surface area contributed by atoms with Crippen molar-refractivity contribution in [3.63, 3.8) is 0 Å². The van der Waals surface area contributed by atoms with E-state index in [-0.39, 0.29) is 17.3 Å². The van der Waals surface area contributed by atoms with E-state index >= 15 is 0 Å². The number of ketones is 1. The van der Waals surface area contributed by atoms with Crippen LogP contribution in [0.5, 0.6) is 0 Å². The largest absolute Gasteiger partial charge is 0.338 e. The molecule has 2 aromatic heterocycles. The minimum absolute atomic E-state index is 0.267. The average molecular weight is 346 g/mol. The van der Waals surface area contributed by atoms with Crippen LogP contribution in [-0.4, -0.2) is 21.0 Å². The van der Waals surface area contributed by atoms with Crippen molar-refractivity contribution < 1.29 is 9.18 Å². The van der Waals surface area contributed by atoms with Gasteiger partial charge in [-0.25, -0.2) is 9.37 Å². The molecule has 26 heavy (non-hydrogen) atoms. The first-order valence-electron chi connectivity index (χ1n) is 8.09. The van der Waals surface area contributed by atoms with Gasteiger partial charge in [-0.15, -0.1) is 0 Å². The lowest BCUT2D eigenvalue weighted by molar-refractivity contribution is 0.103. The van der Waals surface area contributed by atoms with Crippen molar-refractivity contribution in [3.05, 3.63) is 83.4 Å². The molecule has 2 aromatic carbocycles. The summed E-state index contributed by atoms with van der Waals surface area (Å²) in [5.41, 5.74) is 3.01. The Bertz CT molecular complexity index is 1100. The number of carbonyl (C=O) groups excluding carboxylic acids is 1. The Hall–Kier alpha value is -3.54. The second kappa shape index (κ2) is 6.40. The number of aromatic amines is 1. The van der Waals surface area contributed by atoms with E-state index in [0.29, 0.717) is 16.9 Å². The maximum Gasteiger partial charge on any atom is 0.211 e. The highest BCUT2D eigenvalue weighted by atomic mass is 19.1. The normalized spacial score (nSPS) is 10.8. The molecule has 0 spiro atoms. The molecule has 0 amide bonds. The van der Waals surface area contributed by atoms with E-state index in [2.05, 4.69) is 20.5 Å². The Morgan fingerprint density at radius 1 is 1.08 bits per heavy atom. The Kier molecular flexibility index (Phi) is 3.93. The minimum atomic E-state index is -0.385. The van der Waals surface area contributed by atoms with Gasteiger partial charge in [0.25, 0.3) is 0 Å². The molecule has 2 heterocycles. The number of hydrogen-bond donors (Lipinski definition) is 2. The number of halogens is 1. The molecule has 0 aliphatic rings. The van der Waals surface area contributed by atoms with E-state index in [0.717, 1.165) is 16.8 Å². The summed E-state index contributed by atoms with van der Waals surface area (Å²) in [6.07, 6.45) is 0. The predicted molar refractivity (Wildman–Crippen MR) is 98.2 cm³/mol. The Balaban J connectivity index is 1.80. The lowest BCUT2D eigenvalue weighted by Gasteiger charge is -2.10. The number of para-hydroxylation sites is 1. The van der Waals surface area contributed by atoms with Crippen molar-refractivity contribution in [2.45, 2.75) is 6.92 Å². The van der Waals surface area contributed by atoms with Crippen molar-refractivity contribution in [1.82, 2.24) is 15.2 Å². The van der Waals surface area contributed by atoms with Crippen molar-refractivity contribution in [1.29, 1.82) is 0 Å². The molecular formula is C20H15FN4O. The van der Waals surface area contributed by atoms with Crippen LogP contribution in [0.15, 0.2) is 60.7 Å². The second-order valence-electron chi connectivity index (χ2n) is 5.97. The number of nitrogens with one attached hydrogen (secondary N) is 2. The molecule has 4 aromatic rings. The number of aromatic nitrogens is 3. The maximum absolute atomic E-state index is 13.1. The zero-order valence-corrected chi connectivity index (χ0v) is 14.0. The summed E-state index contributed by atoms with van der Waals surface area (Å²) in [4.78, 5) is 17.2. The van der Waals surface area contributed by atoms with Crippen LogP contribution in [0.1, 0.15) is 21.7 Å². The molecule has 5 nitrogen and oxygen atoms in total. The summed E-state index contributed by atoms with van der Waals surface area (Å²) in [5, 5.41) is 11.2. The van der Waals surface area contributed by atoms with E-state index in [4.69, 9.17) is 0 Å². The minimum Gasteiger partial charge on any atom is -0.338 e. The zero-order valence-electron chi connectivity index (χ0n) is 14.0. The molecule has 0 atom stereocenters. The number of nitrogens with zero attached hydrogens (tertiary/aromatic N) is 2. The molecule has 0 radical (unpaired) electrons. The van der Waals surface area contributed by atoms with Gasteiger partial charge in [0.15, 0.2) is 5.82 Å². The van der Waals surface area contributed by atoms with E-state index in [1.807, 2.05) is 37.3 Å². The number of anilines is 2. The van der Waals surface area contributed by atoms with Crippen LogP contribution in [0, 0.1) is 12.7 Å². The van der Waals surface area contributed by atoms with Crippen LogP contribution >= 0.6 is 0 Å². The molecule has 128 valence electrons. The molecule has 2 N–H and O–H groups in total. The molecule has 0 bridgehead atoms. The number of hydrogen-bond acceptors (Lipinski definition) is 4. The van der Waals surface area contributed by atoms with Crippen molar-refractivity contribution in [3.8, 4) is 0 Å². The van der Waals surface area contributed by atoms with Crippen LogP contribution in [0.4, 0.5) is 15.9 Å². The van der Waals surface area contributed by atoms with Gasteiger partial charge in [-0.2, -0.15) is 5.10 Å². The van der Waals surface area contributed by atoms with Gasteiger partial charge in [-0.1, -0.05) is 18.2 Å². The fourth-order valence-corrected chi connectivity index (χ4v) is 2.76. The highest BCUT2D eigenvalue weighted by molar-refractivity contribution is 6.10. The molecule has 0 aliphatic heterocycles. The maximum atomic E-state index is 13.1. The molecule has 0 aliphatic carbocycles. The van der Waals surface area contributed by atoms with E-state index in [1.54, 1.807) is 6.07 Å². The number of benzene rings is 2. The van der Waals surface area contributed by atoms with Gasteiger partial charge >= 0.3 is 0 Å². The number of carbonyl (C=O) groups is 1. The van der Waals surface area contributed by atoms with Gasteiger partial charge in [0.2, 0.25) is 5.78 Å². The van der Waals surface area contributed by atoms with Gasteiger partial charge in [0.1, 0.15) is 11.5 Å². The molecular weight excluding hydrogens is 331 g/mol. The fraction of sp³-hybridized carbons (Fsp3) is 0.0500. The summed E-state index contributed by atoms with van der Waals surface area (Å²) < 4.78 is 13.1. The first kappa shape index (κ1) is 16.0. The SMILES string of the molecule is Cc1cc(Nc2cc(C(=O)c3ccc(F)cc3)nc3ccccc23)n[nH]1. The molecule has 0 saturated heterocycles. The molecule has 0 saturated carbocycles. The molecule has 0 fully saturated rings. The van der Waals surface area contributed by atoms with Gasteiger partial charge in [-0.3, -0.25) is 9.89 Å². The predicted octanol–water partition coefficient (Wildman–Crippen LogP) is 4.38. The quantitative estimate of drug-likeness (QED) is 0.538. The summed E-state index contributed by atoms with van der Waals surface area (Å²) in [6.45, 7) is 1.91. The van der Waals surface area contributed by atoms with E-state index < -0.39 is 0 Å². The number of aryl methyl sites for hydroxylation is 1. The fourth-order valence-electron chi connectivity index (χ4n) is 2.76. The molecule has 6 heteroatoms. The Labute approximate surface area is 148 Å². The highest BCUT2D eigenvalue weighted by Crippen LogP contribution is 2.27. The first-order valence-corrected chi connectivity index (χ1v) is 8.09. The third kappa shape index (κ3) is 3.04. The standard InChI is InChI=1S/C20H15FN4O/c1-12-10-19(25-24-12)23-17-11-18(22-16-5-3-2-4-15(16)17)20(26)13-6-8-14(21)9-7-13/h2-11H,1H3,(H2,22,23,24,25). The smallest absolute Gasteiger partial charge is 0.211 e. The third-order valence-electron chi connectivity index (χ3n) is 4.02. The van der Waals surface area contributed by atoms with Crippen molar-refractivity contribution >= 4 is 28.2 Å². The van der Waals surface area contributed by atoms with Gasteiger partial charge in [0, 0.05) is 22.7 Å². The van der Waals surface area contributed by atoms with Crippen LogP contribution in [-0.2, 0) is 0 Å². The van der Waals surface area contributed by atoms with Crippen LogP contribution in [0.3, 0.4) is 0 Å². The van der Waals surface area contributed by atoms with E-state index in [1.165, 1.54) is 24.3 Å². The second-order valence-corrected chi connectivity index (χ2v) is 5.97. The number of fused-ring (bicyclic) bond motifs is 1. The third-order valence-corrected chi connectivity index (χ3v) is 4.02. The van der Waals surface area contributed by atoms with Gasteiger partial charge < -0.3 is 5.32 Å². The first-order chi connectivity index (χ1) is 12.6. The van der Waals surface area contributed by atoms with Crippen molar-refractivity contribution in [2.75, 3.05) is 5.32 Å². The van der Waals surface area contributed by atoms with Crippen LogP contribution in [0.25, 0.3) is 10.9 Å². The topological polar surface area (TPSA) is 70.7 Å². The number of H-pyrrole nitrogens is 1. The Morgan fingerprint density at radius 2 is 1.85 bits per heavy atom.